The van der Waals surface area contributed by atoms with Gasteiger partial charge in [-0.25, -0.2) is 22.0 Å². The number of nitrogens with one attached hydrogen (secondary N) is 1. The fourth-order valence-corrected chi connectivity index (χ4v) is 3.79. The summed E-state index contributed by atoms with van der Waals surface area (Å²) in [6, 6.07) is 6.40. The van der Waals surface area contributed by atoms with Gasteiger partial charge in [-0.3, -0.25) is 4.72 Å². The Kier molecular flexibility index (Phi) is 5.06. The summed E-state index contributed by atoms with van der Waals surface area (Å²) in [5.74, 6) is 0. The molecule has 0 fully saturated rings. The van der Waals surface area contributed by atoms with Gasteiger partial charge < -0.3 is 0 Å². The second-order valence-electron chi connectivity index (χ2n) is 4.81. The van der Waals surface area contributed by atoms with Gasteiger partial charge in [0.05, 0.1) is 21.0 Å². The average Bonchev–Trinajstić information content (AvgIpc) is 2.47. The molecule has 3 N–H and O–H groups in total. The molecule has 0 aromatic heterocycles. The smallest absolute Gasteiger partial charge is 0.279 e. The summed E-state index contributed by atoms with van der Waals surface area (Å²) in [4.78, 5) is -1.07. The summed E-state index contributed by atoms with van der Waals surface area (Å²) in [5.41, 5.74) is -2.04. The quantitative estimate of drug-likeness (QED) is 0.802. The highest BCUT2D eigenvalue weighted by molar-refractivity contribution is 7.93. The maximum Gasteiger partial charge on any atom is 0.418 e. The molecule has 0 radical (unpaired) electrons. The summed E-state index contributed by atoms with van der Waals surface area (Å²) < 4.78 is 88.1. The minimum atomic E-state index is -4.86. The highest BCUT2D eigenvalue weighted by atomic mass is 35.5. The first-order valence-electron chi connectivity index (χ1n) is 6.33. The Morgan fingerprint density at radius 3 is 2.12 bits per heavy atom. The standard InChI is InChI=1S/C13H10ClF3N2O4S2/c14-8-4-5-12(11(6-8)13(15,16)17)19-25(22,23)10-3-1-2-9(7-10)24(18,20)21/h1-7,19H,(H2,18,20,21). The third-order valence-electron chi connectivity index (χ3n) is 2.98. The predicted octanol–water partition coefficient (Wildman–Crippen LogP) is 2.81. The van der Waals surface area contributed by atoms with Crippen molar-refractivity contribution in [1.82, 2.24) is 0 Å². The van der Waals surface area contributed by atoms with Crippen LogP contribution in [0.4, 0.5) is 18.9 Å². The molecule has 25 heavy (non-hydrogen) atoms. The van der Waals surface area contributed by atoms with Crippen molar-refractivity contribution in [2.45, 2.75) is 16.0 Å². The lowest BCUT2D eigenvalue weighted by Gasteiger charge is -2.15. The molecule has 0 atom stereocenters. The molecule has 2 aromatic rings. The molecule has 136 valence electrons. The third-order valence-corrected chi connectivity index (χ3v) is 5.48. The molecule has 6 nitrogen and oxygen atoms in total. The zero-order valence-electron chi connectivity index (χ0n) is 12.1. The number of hydrogen-bond donors (Lipinski definition) is 2. The van der Waals surface area contributed by atoms with Crippen LogP contribution in [0.5, 0.6) is 0 Å². The number of halogens is 4. The molecule has 0 spiro atoms. The van der Waals surface area contributed by atoms with E-state index in [0.717, 1.165) is 36.4 Å². The molecule has 0 aliphatic heterocycles. The Morgan fingerprint density at radius 1 is 0.960 bits per heavy atom. The molecule has 0 aliphatic carbocycles. The van der Waals surface area contributed by atoms with E-state index in [9.17, 15) is 30.0 Å². The van der Waals surface area contributed by atoms with Gasteiger partial charge in [0.2, 0.25) is 10.0 Å². The summed E-state index contributed by atoms with van der Waals surface area (Å²) in [5, 5.41) is 4.68. The van der Waals surface area contributed by atoms with Crippen LogP contribution in [0.15, 0.2) is 52.3 Å². The van der Waals surface area contributed by atoms with Crippen LogP contribution in [0, 0.1) is 0 Å². The van der Waals surface area contributed by atoms with Crippen LogP contribution in [0.2, 0.25) is 5.02 Å². The fraction of sp³-hybridized carbons (Fsp3) is 0.0769. The maximum absolute atomic E-state index is 13.0. The molecule has 0 aliphatic rings. The van der Waals surface area contributed by atoms with E-state index in [-0.39, 0.29) is 5.02 Å². The van der Waals surface area contributed by atoms with Crippen LogP contribution < -0.4 is 9.86 Å². The second kappa shape index (κ2) is 6.48. The van der Waals surface area contributed by atoms with Gasteiger partial charge in [-0.15, -0.1) is 0 Å². The second-order valence-corrected chi connectivity index (χ2v) is 8.49. The molecule has 0 heterocycles. The minimum Gasteiger partial charge on any atom is -0.279 e. The first-order chi connectivity index (χ1) is 11.3. The molecule has 12 heteroatoms. The SMILES string of the molecule is NS(=O)(=O)c1cccc(S(=O)(=O)Nc2ccc(Cl)cc2C(F)(F)F)c1. The average molecular weight is 415 g/mol. The molecule has 0 amide bonds. The number of anilines is 1. The highest BCUT2D eigenvalue weighted by Crippen LogP contribution is 2.37. The van der Waals surface area contributed by atoms with Crippen molar-refractivity contribution >= 4 is 37.3 Å². The fourth-order valence-electron chi connectivity index (χ4n) is 1.86. The summed E-state index contributed by atoms with van der Waals surface area (Å²) in [6.45, 7) is 0. The van der Waals surface area contributed by atoms with Gasteiger partial charge in [0.25, 0.3) is 10.0 Å². The Hall–Kier alpha value is -1.82. The Labute approximate surface area is 146 Å². The van der Waals surface area contributed by atoms with Crippen LogP contribution >= 0.6 is 11.6 Å². The number of primary sulfonamides is 1. The molecule has 0 saturated carbocycles. The van der Waals surface area contributed by atoms with Crippen molar-refractivity contribution in [2.75, 3.05) is 4.72 Å². The van der Waals surface area contributed by atoms with Crippen molar-refractivity contribution < 1.29 is 30.0 Å². The van der Waals surface area contributed by atoms with Gasteiger partial charge >= 0.3 is 6.18 Å². The first kappa shape index (κ1) is 19.5. The number of hydrogen-bond acceptors (Lipinski definition) is 4. The Balaban J connectivity index is 2.51. The lowest BCUT2D eigenvalue weighted by Crippen LogP contribution is -2.18. The van der Waals surface area contributed by atoms with Crippen LogP contribution in [0.3, 0.4) is 0 Å². The topological polar surface area (TPSA) is 106 Å². The molecule has 0 unspecified atom stereocenters. The van der Waals surface area contributed by atoms with Gasteiger partial charge in [0.15, 0.2) is 0 Å². The van der Waals surface area contributed by atoms with E-state index in [0.29, 0.717) is 6.07 Å². The van der Waals surface area contributed by atoms with Gasteiger partial charge in [-0.2, -0.15) is 13.2 Å². The van der Waals surface area contributed by atoms with Crippen LogP contribution in [-0.2, 0) is 26.2 Å². The number of nitrogens with two attached hydrogens (primary N) is 1. The Bertz CT molecular complexity index is 1020. The first-order valence-corrected chi connectivity index (χ1v) is 9.74. The number of benzene rings is 2. The van der Waals surface area contributed by atoms with Crippen molar-refractivity contribution in [3.63, 3.8) is 0 Å². The largest absolute Gasteiger partial charge is 0.418 e. The molecular formula is C13H10ClF3N2O4S2. The summed E-state index contributed by atoms with van der Waals surface area (Å²) >= 11 is 5.52. The molecule has 2 aromatic carbocycles. The zero-order chi connectivity index (χ0) is 19.0. The monoisotopic (exact) mass is 414 g/mol. The van der Waals surface area contributed by atoms with Crippen molar-refractivity contribution in [3.8, 4) is 0 Å². The zero-order valence-corrected chi connectivity index (χ0v) is 14.5. The summed E-state index contributed by atoms with van der Waals surface area (Å²) in [7, 11) is -8.69. The van der Waals surface area contributed by atoms with E-state index < -0.39 is 47.3 Å². The Morgan fingerprint density at radius 2 is 1.56 bits per heavy atom. The van der Waals surface area contributed by atoms with Gasteiger partial charge in [-0.05, 0) is 36.4 Å². The van der Waals surface area contributed by atoms with Crippen LogP contribution in [0.25, 0.3) is 0 Å². The normalized spacial score (nSPS) is 12.8. The van der Waals surface area contributed by atoms with Crippen LogP contribution in [-0.4, -0.2) is 16.8 Å². The van der Waals surface area contributed by atoms with Gasteiger partial charge in [0.1, 0.15) is 0 Å². The number of sulfonamides is 2. The van der Waals surface area contributed by atoms with Gasteiger partial charge in [0, 0.05) is 5.02 Å². The van der Waals surface area contributed by atoms with Gasteiger partial charge in [-0.1, -0.05) is 17.7 Å². The number of alkyl halides is 3. The maximum atomic E-state index is 13.0. The van der Waals surface area contributed by atoms with E-state index in [4.69, 9.17) is 16.7 Å². The van der Waals surface area contributed by atoms with Crippen molar-refractivity contribution in [1.29, 1.82) is 0 Å². The minimum absolute atomic E-state index is 0.230. The van der Waals surface area contributed by atoms with Crippen molar-refractivity contribution in [3.05, 3.63) is 53.1 Å². The van der Waals surface area contributed by atoms with Crippen molar-refractivity contribution in [2.24, 2.45) is 5.14 Å². The van der Waals surface area contributed by atoms with Crippen LogP contribution in [0.1, 0.15) is 5.56 Å². The summed E-state index contributed by atoms with van der Waals surface area (Å²) in [6.07, 6.45) is -4.86. The number of rotatable bonds is 4. The molecule has 0 bridgehead atoms. The molecular weight excluding hydrogens is 405 g/mol. The van der Waals surface area contributed by atoms with E-state index in [1.807, 2.05) is 0 Å². The molecule has 0 saturated heterocycles. The lowest BCUT2D eigenvalue weighted by atomic mass is 10.2. The van der Waals surface area contributed by atoms with E-state index in [1.165, 1.54) is 0 Å². The van der Waals surface area contributed by atoms with E-state index >= 15 is 0 Å². The third kappa shape index (κ3) is 4.63. The predicted molar refractivity (Wildman–Crippen MR) is 85.1 cm³/mol. The van der Waals surface area contributed by atoms with E-state index in [1.54, 1.807) is 4.72 Å². The lowest BCUT2D eigenvalue weighted by molar-refractivity contribution is -0.136. The highest BCUT2D eigenvalue weighted by Gasteiger charge is 2.35. The van der Waals surface area contributed by atoms with E-state index in [2.05, 4.69) is 0 Å². The molecule has 2 rings (SSSR count).